The molecule has 7 heteroatoms. The Morgan fingerprint density at radius 3 is 2.96 bits per heavy atom. The molecule has 23 heavy (non-hydrogen) atoms. The minimum atomic E-state index is -0.379. The Bertz CT molecular complexity index is 859. The summed E-state index contributed by atoms with van der Waals surface area (Å²) in [4.78, 5) is 15.0. The van der Waals surface area contributed by atoms with E-state index in [1.807, 2.05) is 26.0 Å². The largest absolute Gasteiger partial charge is 0.361 e. The molecule has 1 atom stereocenters. The van der Waals surface area contributed by atoms with Gasteiger partial charge in [-0.25, -0.2) is 9.50 Å². The van der Waals surface area contributed by atoms with Gasteiger partial charge in [-0.1, -0.05) is 19.1 Å². The fourth-order valence-corrected chi connectivity index (χ4v) is 2.60. The minimum absolute atomic E-state index is 0.0659. The van der Waals surface area contributed by atoms with Gasteiger partial charge in [-0.3, -0.25) is 10.1 Å². The Hall–Kier alpha value is -2.96. The molecule has 2 aromatic heterocycles. The number of nitro benzene ring substituents is 1. The van der Waals surface area contributed by atoms with Crippen LogP contribution in [0, 0.1) is 17.0 Å². The standard InChI is InChI=1S/C16H17N5O2/c1-3-14(12-5-4-6-13(10-12)21(22)23)18-16-15-9-11(2)19-20(15)8-7-17-16/h4-10,14H,3H2,1-2H3,(H,17,18). The number of hydrogen-bond acceptors (Lipinski definition) is 5. The third-order valence-electron chi connectivity index (χ3n) is 3.71. The molecule has 1 aromatic carbocycles. The molecule has 3 aromatic rings. The molecule has 7 nitrogen and oxygen atoms in total. The summed E-state index contributed by atoms with van der Waals surface area (Å²) < 4.78 is 1.77. The normalized spacial score (nSPS) is 12.3. The maximum atomic E-state index is 11.0. The lowest BCUT2D eigenvalue weighted by Crippen LogP contribution is -2.12. The first-order valence-electron chi connectivity index (χ1n) is 7.40. The van der Waals surface area contributed by atoms with Crippen LogP contribution in [-0.4, -0.2) is 19.5 Å². The molecule has 0 radical (unpaired) electrons. The van der Waals surface area contributed by atoms with E-state index in [2.05, 4.69) is 15.4 Å². The number of aryl methyl sites for hydroxylation is 1. The van der Waals surface area contributed by atoms with Crippen molar-refractivity contribution in [1.82, 2.24) is 14.6 Å². The van der Waals surface area contributed by atoms with Gasteiger partial charge >= 0.3 is 0 Å². The van der Waals surface area contributed by atoms with Crippen LogP contribution in [-0.2, 0) is 0 Å². The quantitative estimate of drug-likeness (QED) is 0.575. The van der Waals surface area contributed by atoms with Gasteiger partial charge in [0, 0.05) is 24.5 Å². The van der Waals surface area contributed by atoms with Crippen molar-refractivity contribution in [3.63, 3.8) is 0 Å². The molecule has 0 aliphatic carbocycles. The maximum absolute atomic E-state index is 11.0. The highest BCUT2D eigenvalue weighted by molar-refractivity contribution is 5.68. The SMILES string of the molecule is CCC(Nc1nccn2nc(C)cc12)c1cccc([N+](=O)[O-])c1. The first-order valence-corrected chi connectivity index (χ1v) is 7.40. The topological polar surface area (TPSA) is 85.4 Å². The smallest absolute Gasteiger partial charge is 0.269 e. The second-order valence-electron chi connectivity index (χ2n) is 5.35. The second-order valence-corrected chi connectivity index (χ2v) is 5.35. The number of aromatic nitrogens is 3. The Balaban J connectivity index is 1.95. The fraction of sp³-hybridized carbons (Fsp3) is 0.250. The molecule has 0 saturated carbocycles. The van der Waals surface area contributed by atoms with Crippen LogP contribution in [0.4, 0.5) is 11.5 Å². The molecule has 1 unspecified atom stereocenters. The Labute approximate surface area is 133 Å². The lowest BCUT2D eigenvalue weighted by Gasteiger charge is -2.18. The zero-order valence-electron chi connectivity index (χ0n) is 12.9. The number of non-ortho nitro benzene ring substituents is 1. The van der Waals surface area contributed by atoms with Gasteiger partial charge in [-0.2, -0.15) is 5.10 Å². The van der Waals surface area contributed by atoms with E-state index < -0.39 is 0 Å². The Morgan fingerprint density at radius 1 is 1.39 bits per heavy atom. The van der Waals surface area contributed by atoms with Crippen LogP contribution in [0.5, 0.6) is 0 Å². The highest BCUT2D eigenvalue weighted by atomic mass is 16.6. The molecule has 0 saturated heterocycles. The lowest BCUT2D eigenvalue weighted by atomic mass is 10.0. The Kier molecular flexibility index (Phi) is 3.92. The average Bonchev–Trinajstić information content (AvgIpc) is 2.93. The van der Waals surface area contributed by atoms with Crippen LogP contribution < -0.4 is 5.32 Å². The van der Waals surface area contributed by atoms with E-state index in [1.165, 1.54) is 6.07 Å². The van der Waals surface area contributed by atoms with Gasteiger partial charge in [0.1, 0.15) is 5.52 Å². The van der Waals surface area contributed by atoms with Crippen LogP contribution in [0.15, 0.2) is 42.7 Å². The number of benzene rings is 1. The molecule has 0 aliphatic rings. The minimum Gasteiger partial charge on any atom is -0.361 e. The van der Waals surface area contributed by atoms with Crippen molar-refractivity contribution in [3.05, 3.63) is 64.1 Å². The zero-order valence-corrected chi connectivity index (χ0v) is 12.9. The molecule has 0 amide bonds. The van der Waals surface area contributed by atoms with E-state index in [1.54, 1.807) is 29.0 Å². The number of hydrogen-bond donors (Lipinski definition) is 1. The van der Waals surface area contributed by atoms with E-state index in [-0.39, 0.29) is 16.7 Å². The summed E-state index contributed by atoms with van der Waals surface area (Å²) in [5, 5.41) is 18.7. The van der Waals surface area contributed by atoms with Crippen LogP contribution >= 0.6 is 0 Å². The molecular formula is C16H17N5O2. The van der Waals surface area contributed by atoms with Gasteiger partial charge in [0.05, 0.1) is 16.7 Å². The molecule has 3 rings (SSSR count). The first-order chi connectivity index (χ1) is 11.1. The van der Waals surface area contributed by atoms with Crippen molar-refractivity contribution >= 4 is 17.0 Å². The van der Waals surface area contributed by atoms with Crippen molar-refractivity contribution in [2.45, 2.75) is 26.3 Å². The maximum Gasteiger partial charge on any atom is 0.269 e. The highest BCUT2D eigenvalue weighted by Crippen LogP contribution is 2.26. The van der Waals surface area contributed by atoms with E-state index in [9.17, 15) is 10.1 Å². The summed E-state index contributed by atoms with van der Waals surface area (Å²) in [6, 6.07) is 8.57. The number of nitrogens with one attached hydrogen (secondary N) is 1. The molecular weight excluding hydrogens is 294 g/mol. The van der Waals surface area contributed by atoms with Crippen molar-refractivity contribution in [2.24, 2.45) is 0 Å². The molecule has 0 bridgehead atoms. The van der Waals surface area contributed by atoms with Gasteiger partial charge < -0.3 is 5.32 Å². The van der Waals surface area contributed by atoms with E-state index in [4.69, 9.17) is 0 Å². The summed E-state index contributed by atoms with van der Waals surface area (Å²) in [5.41, 5.74) is 2.74. The summed E-state index contributed by atoms with van der Waals surface area (Å²) in [5.74, 6) is 0.714. The van der Waals surface area contributed by atoms with Gasteiger partial charge in [0.15, 0.2) is 5.82 Å². The number of nitrogens with zero attached hydrogens (tertiary/aromatic N) is 4. The summed E-state index contributed by atoms with van der Waals surface area (Å²) in [7, 11) is 0. The van der Waals surface area contributed by atoms with Crippen molar-refractivity contribution in [2.75, 3.05) is 5.32 Å². The molecule has 0 spiro atoms. The predicted molar refractivity (Wildman–Crippen MR) is 87.5 cm³/mol. The molecule has 2 heterocycles. The van der Waals surface area contributed by atoms with Gasteiger partial charge in [-0.05, 0) is 25.0 Å². The van der Waals surface area contributed by atoms with Crippen LogP contribution in [0.3, 0.4) is 0 Å². The van der Waals surface area contributed by atoms with Crippen LogP contribution in [0.2, 0.25) is 0 Å². The van der Waals surface area contributed by atoms with Crippen molar-refractivity contribution < 1.29 is 4.92 Å². The van der Waals surface area contributed by atoms with E-state index >= 15 is 0 Å². The molecule has 118 valence electrons. The van der Waals surface area contributed by atoms with Gasteiger partial charge in [-0.15, -0.1) is 0 Å². The summed E-state index contributed by atoms with van der Waals surface area (Å²) in [6.07, 6.45) is 4.25. The second kappa shape index (κ2) is 6.04. The average molecular weight is 311 g/mol. The summed E-state index contributed by atoms with van der Waals surface area (Å²) >= 11 is 0. The predicted octanol–water partition coefficient (Wildman–Crippen LogP) is 3.51. The van der Waals surface area contributed by atoms with Crippen molar-refractivity contribution in [3.8, 4) is 0 Å². The third kappa shape index (κ3) is 2.98. The number of anilines is 1. The first kappa shape index (κ1) is 15.0. The zero-order chi connectivity index (χ0) is 16.4. The van der Waals surface area contributed by atoms with Gasteiger partial charge in [0.25, 0.3) is 5.69 Å². The molecule has 0 fully saturated rings. The number of rotatable bonds is 5. The van der Waals surface area contributed by atoms with Crippen LogP contribution in [0.25, 0.3) is 5.52 Å². The van der Waals surface area contributed by atoms with E-state index in [0.29, 0.717) is 5.82 Å². The number of fused-ring (bicyclic) bond motifs is 1. The lowest BCUT2D eigenvalue weighted by molar-refractivity contribution is -0.384. The fourth-order valence-electron chi connectivity index (χ4n) is 2.60. The van der Waals surface area contributed by atoms with Gasteiger partial charge in [0.2, 0.25) is 0 Å². The van der Waals surface area contributed by atoms with Crippen LogP contribution in [0.1, 0.15) is 30.6 Å². The Morgan fingerprint density at radius 2 is 2.22 bits per heavy atom. The van der Waals surface area contributed by atoms with Crippen molar-refractivity contribution in [1.29, 1.82) is 0 Å². The molecule has 0 aliphatic heterocycles. The third-order valence-corrected chi connectivity index (χ3v) is 3.71. The monoisotopic (exact) mass is 311 g/mol. The molecule has 1 N–H and O–H groups in total. The highest BCUT2D eigenvalue weighted by Gasteiger charge is 2.15. The van der Waals surface area contributed by atoms with E-state index in [0.717, 1.165) is 23.2 Å². The number of nitro groups is 1. The summed E-state index contributed by atoms with van der Waals surface area (Å²) in [6.45, 7) is 3.95.